The Balaban J connectivity index is 1.94. The van der Waals surface area contributed by atoms with E-state index in [1.54, 1.807) is 24.3 Å². The van der Waals surface area contributed by atoms with Crippen molar-refractivity contribution in [3.05, 3.63) is 29.8 Å². The summed E-state index contributed by atoms with van der Waals surface area (Å²) in [5.74, 6) is -0.143. The predicted octanol–water partition coefficient (Wildman–Crippen LogP) is 3.42. The average molecular weight is 291 g/mol. The van der Waals surface area contributed by atoms with E-state index in [9.17, 15) is 4.79 Å². The van der Waals surface area contributed by atoms with E-state index < -0.39 is 5.97 Å². The van der Waals surface area contributed by atoms with Gasteiger partial charge in [0.05, 0.1) is 5.56 Å². The van der Waals surface area contributed by atoms with Crippen LogP contribution < -0.4 is 4.74 Å². The zero-order valence-corrected chi connectivity index (χ0v) is 12.9. The number of benzene rings is 1. The van der Waals surface area contributed by atoms with Crippen LogP contribution in [-0.2, 0) is 0 Å². The van der Waals surface area contributed by atoms with Gasteiger partial charge < -0.3 is 9.84 Å². The maximum Gasteiger partial charge on any atom is 0.335 e. The Kier molecular flexibility index (Phi) is 5.62. The molecule has 1 atom stereocenters. The highest BCUT2D eigenvalue weighted by molar-refractivity contribution is 5.87. The van der Waals surface area contributed by atoms with Crippen molar-refractivity contribution in [3.8, 4) is 5.75 Å². The van der Waals surface area contributed by atoms with Crippen LogP contribution in [0.5, 0.6) is 5.75 Å². The lowest BCUT2D eigenvalue weighted by Crippen LogP contribution is -2.46. The highest BCUT2D eigenvalue weighted by Gasteiger charge is 2.25. The lowest BCUT2D eigenvalue weighted by atomic mass is 10.0. The van der Waals surface area contributed by atoms with Gasteiger partial charge in [0.25, 0.3) is 0 Å². The molecular formula is C17H25NO3. The lowest BCUT2D eigenvalue weighted by Gasteiger charge is -2.37. The van der Waals surface area contributed by atoms with Gasteiger partial charge in [-0.25, -0.2) is 4.79 Å². The molecule has 1 heterocycles. The molecule has 1 aromatic rings. The van der Waals surface area contributed by atoms with Crippen molar-refractivity contribution in [1.82, 2.24) is 4.90 Å². The number of rotatable bonds is 6. The van der Waals surface area contributed by atoms with E-state index in [1.165, 1.54) is 12.8 Å². The summed E-state index contributed by atoms with van der Waals surface area (Å²) in [6.07, 6.45) is 4.79. The van der Waals surface area contributed by atoms with Crippen molar-refractivity contribution >= 4 is 5.97 Å². The van der Waals surface area contributed by atoms with Crippen molar-refractivity contribution in [1.29, 1.82) is 0 Å². The minimum atomic E-state index is -0.904. The molecule has 0 amide bonds. The molecule has 2 rings (SSSR count). The van der Waals surface area contributed by atoms with Crippen LogP contribution >= 0.6 is 0 Å². The van der Waals surface area contributed by atoms with Crippen LogP contribution in [0.4, 0.5) is 0 Å². The molecule has 0 aliphatic carbocycles. The third-order valence-corrected chi connectivity index (χ3v) is 4.27. The minimum absolute atomic E-state index is 0.204. The fourth-order valence-electron chi connectivity index (χ4n) is 3.07. The van der Waals surface area contributed by atoms with Crippen molar-refractivity contribution < 1.29 is 14.6 Å². The highest BCUT2D eigenvalue weighted by Crippen LogP contribution is 2.22. The van der Waals surface area contributed by atoms with Gasteiger partial charge in [0, 0.05) is 12.6 Å². The first-order chi connectivity index (χ1) is 10.1. The van der Waals surface area contributed by atoms with E-state index in [4.69, 9.17) is 9.84 Å². The Hall–Kier alpha value is -1.55. The first-order valence-corrected chi connectivity index (χ1v) is 7.88. The zero-order chi connectivity index (χ0) is 15.2. The van der Waals surface area contributed by atoms with Gasteiger partial charge in [0.15, 0.2) is 0 Å². The van der Waals surface area contributed by atoms with Crippen molar-refractivity contribution in [2.75, 3.05) is 13.1 Å². The van der Waals surface area contributed by atoms with Gasteiger partial charge in [-0.15, -0.1) is 0 Å². The van der Waals surface area contributed by atoms with Crippen LogP contribution in [0, 0.1) is 0 Å². The van der Waals surface area contributed by atoms with E-state index in [1.807, 2.05) is 0 Å². The molecule has 1 aliphatic rings. The number of aromatic carboxylic acids is 1. The molecule has 1 N–H and O–H groups in total. The minimum Gasteiger partial charge on any atom is -0.489 e. The fourth-order valence-corrected chi connectivity index (χ4v) is 3.07. The van der Waals surface area contributed by atoms with Gasteiger partial charge in [-0.2, -0.15) is 0 Å². The lowest BCUT2D eigenvalue weighted by molar-refractivity contribution is 0.0586. The number of carboxylic acids is 1. The molecular weight excluding hydrogens is 266 g/mol. The van der Waals surface area contributed by atoms with E-state index in [2.05, 4.69) is 18.7 Å². The first kappa shape index (κ1) is 15.8. The van der Waals surface area contributed by atoms with Crippen LogP contribution in [-0.4, -0.2) is 41.2 Å². The second-order valence-corrected chi connectivity index (χ2v) is 5.68. The van der Waals surface area contributed by atoms with Crippen LogP contribution in [0.15, 0.2) is 24.3 Å². The van der Waals surface area contributed by atoms with Gasteiger partial charge >= 0.3 is 5.97 Å². The molecule has 1 aliphatic heterocycles. The second kappa shape index (κ2) is 7.46. The van der Waals surface area contributed by atoms with Gasteiger partial charge in [0.1, 0.15) is 11.9 Å². The molecule has 1 unspecified atom stereocenters. The Bertz CT molecular complexity index is 454. The number of carboxylic acid groups (broad SMARTS) is 1. The van der Waals surface area contributed by atoms with Gasteiger partial charge in [0.2, 0.25) is 0 Å². The molecule has 0 aromatic heterocycles. The smallest absolute Gasteiger partial charge is 0.335 e. The van der Waals surface area contributed by atoms with E-state index >= 15 is 0 Å². The molecule has 116 valence electrons. The summed E-state index contributed by atoms with van der Waals surface area (Å²) >= 11 is 0. The molecule has 21 heavy (non-hydrogen) atoms. The van der Waals surface area contributed by atoms with E-state index in [0.29, 0.717) is 11.6 Å². The van der Waals surface area contributed by atoms with Crippen LogP contribution in [0.25, 0.3) is 0 Å². The van der Waals surface area contributed by atoms with Crippen LogP contribution in [0.3, 0.4) is 0 Å². The Morgan fingerprint density at radius 3 is 2.57 bits per heavy atom. The Labute approximate surface area is 126 Å². The summed E-state index contributed by atoms with van der Waals surface area (Å²) in [6, 6.07) is 7.34. The van der Waals surface area contributed by atoms with Crippen molar-refractivity contribution in [2.24, 2.45) is 0 Å². The molecule has 0 bridgehead atoms. The number of hydrogen-bond donors (Lipinski definition) is 1. The largest absolute Gasteiger partial charge is 0.489 e. The summed E-state index contributed by atoms with van der Waals surface area (Å²) in [6.45, 7) is 6.60. The third kappa shape index (κ3) is 4.21. The maximum atomic E-state index is 10.8. The monoisotopic (exact) mass is 291 g/mol. The zero-order valence-electron chi connectivity index (χ0n) is 12.9. The van der Waals surface area contributed by atoms with Gasteiger partial charge in [-0.05, 0) is 56.5 Å². The third-order valence-electron chi connectivity index (χ3n) is 4.27. The van der Waals surface area contributed by atoms with Crippen molar-refractivity contribution in [2.45, 2.75) is 51.7 Å². The summed E-state index contributed by atoms with van der Waals surface area (Å²) < 4.78 is 6.02. The topological polar surface area (TPSA) is 49.8 Å². The Morgan fingerprint density at radius 1 is 1.33 bits per heavy atom. The molecule has 1 fully saturated rings. The summed E-state index contributed by atoms with van der Waals surface area (Å²) in [4.78, 5) is 13.4. The molecule has 1 saturated heterocycles. The fraction of sp³-hybridized carbons (Fsp3) is 0.588. The standard InChI is InChI=1S/C17H25NO3/c1-3-14(4-2)18-11-5-6-16(12-18)21-15-9-7-13(8-10-15)17(19)20/h7-10,14,16H,3-6,11-12H2,1-2H3,(H,19,20). The summed E-state index contributed by atoms with van der Waals surface area (Å²) in [7, 11) is 0. The molecule has 0 radical (unpaired) electrons. The molecule has 1 aromatic carbocycles. The van der Waals surface area contributed by atoms with E-state index in [0.717, 1.165) is 31.7 Å². The van der Waals surface area contributed by atoms with Crippen LogP contribution in [0.1, 0.15) is 49.9 Å². The first-order valence-electron chi connectivity index (χ1n) is 7.88. The molecule has 0 saturated carbocycles. The SMILES string of the molecule is CCC(CC)N1CCCC(Oc2ccc(C(=O)O)cc2)C1. The molecule has 4 nitrogen and oxygen atoms in total. The number of likely N-dealkylation sites (tertiary alicyclic amines) is 1. The van der Waals surface area contributed by atoms with Gasteiger partial charge in [-0.3, -0.25) is 4.90 Å². The normalized spacial score (nSPS) is 19.7. The second-order valence-electron chi connectivity index (χ2n) is 5.68. The number of hydrogen-bond acceptors (Lipinski definition) is 3. The summed E-state index contributed by atoms with van der Waals surface area (Å²) in [5, 5.41) is 8.90. The highest BCUT2D eigenvalue weighted by atomic mass is 16.5. The predicted molar refractivity (Wildman–Crippen MR) is 83.0 cm³/mol. The number of nitrogens with zero attached hydrogens (tertiary/aromatic N) is 1. The van der Waals surface area contributed by atoms with Gasteiger partial charge in [-0.1, -0.05) is 13.8 Å². The number of ether oxygens (including phenoxy) is 1. The molecule has 4 heteroatoms. The van der Waals surface area contributed by atoms with Crippen LogP contribution in [0.2, 0.25) is 0 Å². The quantitative estimate of drug-likeness (QED) is 0.872. The van der Waals surface area contributed by atoms with Crippen molar-refractivity contribution in [3.63, 3.8) is 0 Å². The maximum absolute atomic E-state index is 10.8. The number of carbonyl (C=O) groups is 1. The molecule has 0 spiro atoms. The Morgan fingerprint density at radius 2 is 2.00 bits per heavy atom. The van der Waals surface area contributed by atoms with E-state index in [-0.39, 0.29) is 6.10 Å². The summed E-state index contributed by atoms with van der Waals surface area (Å²) in [5.41, 5.74) is 0.296. The number of piperidine rings is 1. The average Bonchev–Trinajstić information content (AvgIpc) is 2.49.